The SMILES string of the molecule is COc1cc(F)c(CC(C)C)cc1OC. The molecule has 0 aliphatic carbocycles. The number of rotatable bonds is 4. The molecule has 3 heteroatoms. The summed E-state index contributed by atoms with van der Waals surface area (Å²) in [5.41, 5.74) is 0.669. The summed E-state index contributed by atoms with van der Waals surface area (Å²) in [6.45, 7) is 4.10. The van der Waals surface area contributed by atoms with Gasteiger partial charge < -0.3 is 9.47 Å². The molecule has 0 atom stereocenters. The van der Waals surface area contributed by atoms with Crippen molar-refractivity contribution in [3.05, 3.63) is 23.5 Å². The van der Waals surface area contributed by atoms with Gasteiger partial charge in [0.1, 0.15) is 5.82 Å². The van der Waals surface area contributed by atoms with E-state index in [-0.39, 0.29) is 5.82 Å². The molecule has 0 fully saturated rings. The van der Waals surface area contributed by atoms with Gasteiger partial charge in [0.15, 0.2) is 11.5 Å². The first-order valence-corrected chi connectivity index (χ1v) is 4.98. The van der Waals surface area contributed by atoms with Crippen molar-refractivity contribution in [2.45, 2.75) is 20.3 Å². The van der Waals surface area contributed by atoms with Crippen molar-refractivity contribution in [2.75, 3.05) is 14.2 Å². The normalized spacial score (nSPS) is 10.5. The van der Waals surface area contributed by atoms with Crippen molar-refractivity contribution in [2.24, 2.45) is 5.92 Å². The minimum atomic E-state index is -0.235. The number of methoxy groups -OCH3 is 2. The Bertz CT molecular complexity index is 335. The highest BCUT2D eigenvalue weighted by atomic mass is 19.1. The van der Waals surface area contributed by atoms with Gasteiger partial charge in [0, 0.05) is 6.07 Å². The Labute approximate surface area is 90.0 Å². The zero-order chi connectivity index (χ0) is 11.4. The highest BCUT2D eigenvalue weighted by Crippen LogP contribution is 2.30. The Morgan fingerprint density at radius 1 is 1.13 bits per heavy atom. The Kier molecular flexibility index (Phi) is 3.95. The number of hydrogen-bond donors (Lipinski definition) is 0. The molecule has 0 N–H and O–H groups in total. The Balaban J connectivity index is 3.08. The van der Waals surface area contributed by atoms with E-state index < -0.39 is 0 Å². The van der Waals surface area contributed by atoms with Crippen LogP contribution in [-0.2, 0) is 6.42 Å². The molecule has 1 aromatic carbocycles. The fraction of sp³-hybridized carbons (Fsp3) is 0.500. The molecular weight excluding hydrogens is 195 g/mol. The van der Waals surface area contributed by atoms with Crippen LogP contribution in [-0.4, -0.2) is 14.2 Å². The summed E-state index contributed by atoms with van der Waals surface area (Å²) in [7, 11) is 3.05. The maximum Gasteiger partial charge on any atom is 0.163 e. The van der Waals surface area contributed by atoms with Crippen LogP contribution in [0.15, 0.2) is 12.1 Å². The largest absolute Gasteiger partial charge is 0.493 e. The van der Waals surface area contributed by atoms with Crippen LogP contribution >= 0.6 is 0 Å². The molecule has 0 spiro atoms. The minimum absolute atomic E-state index is 0.235. The van der Waals surface area contributed by atoms with Crippen LogP contribution in [0.25, 0.3) is 0 Å². The second-order valence-electron chi connectivity index (χ2n) is 3.90. The monoisotopic (exact) mass is 212 g/mol. The fourth-order valence-electron chi connectivity index (χ4n) is 1.49. The highest BCUT2D eigenvalue weighted by molar-refractivity contribution is 5.43. The zero-order valence-corrected chi connectivity index (χ0v) is 9.63. The van der Waals surface area contributed by atoms with Gasteiger partial charge in [0.05, 0.1) is 14.2 Å². The first-order chi connectivity index (χ1) is 7.08. The number of hydrogen-bond acceptors (Lipinski definition) is 2. The van der Waals surface area contributed by atoms with E-state index in [2.05, 4.69) is 13.8 Å². The van der Waals surface area contributed by atoms with Gasteiger partial charge in [-0.2, -0.15) is 0 Å². The van der Waals surface area contributed by atoms with Crippen molar-refractivity contribution in [3.8, 4) is 11.5 Å². The molecule has 0 aliphatic rings. The van der Waals surface area contributed by atoms with E-state index in [4.69, 9.17) is 9.47 Å². The lowest BCUT2D eigenvalue weighted by Crippen LogP contribution is -2.00. The van der Waals surface area contributed by atoms with E-state index in [0.29, 0.717) is 29.4 Å². The smallest absolute Gasteiger partial charge is 0.163 e. The van der Waals surface area contributed by atoms with Gasteiger partial charge in [0.25, 0.3) is 0 Å². The lowest BCUT2D eigenvalue weighted by molar-refractivity contribution is 0.351. The van der Waals surface area contributed by atoms with Crippen LogP contribution in [0.2, 0.25) is 0 Å². The molecule has 1 rings (SSSR count). The zero-order valence-electron chi connectivity index (χ0n) is 9.63. The van der Waals surface area contributed by atoms with Crippen LogP contribution in [0, 0.1) is 11.7 Å². The fourth-order valence-corrected chi connectivity index (χ4v) is 1.49. The lowest BCUT2D eigenvalue weighted by Gasteiger charge is -2.12. The summed E-state index contributed by atoms with van der Waals surface area (Å²) in [6.07, 6.45) is 0.701. The number of halogens is 1. The van der Waals surface area contributed by atoms with E-state index in [9.17, 15) is 4.39 Å². The second-order valence-corrected chi connectivity index (χ2v) is 3.90. The molecule has 0 radical (unpaired) electrons. The van der Waals surface area contributed by atoms with Crippen LogP contribution in [0.1, 0.15) is 19.4 Å². The molecule has 0 amide bonds. The third-order valence-corrected chi connectivity index (χ3v) is 2.18. The van der Waals surface area contributed by atoms with Gasteiger partial charge in [-0.3, -0.25) is 0 Å². The average Bonchev–Trinajstić information content (AvgIpc) is 2.19. The van der Waals surface area contributed by atoms with Gasteiger partial charge in [-0.05, 0) is 24.0 Å². The lowest BCUT2D eigenvalue weighted by atomic mass is 10.0. The predicted molar refractivity (Wildman–Crippen MR) is 58.0 cm³/mol. The summed E-state index contributed by atoms with van der Waals surface area (Å²) in [6, 6.07) is 3.07. The average molecular weight is 212 g/mol. The summed E-state index contributed by atoms with van der Waals surface area (Å²) < 4.78 is 23.7. The molecule has 15 heavy (non-hydrogen) atoms. The van der Waals surface area contributed by atoms with E-state index in [1.165, 1.54) is 13.2 Å². The van der Waals surface area contributed by atoms with Gasteiger partial charge in [-0.15, -0.1) is 0 Å². The van der Waals surface area contributed by atoms with Crippen molar-refractivity contribution in [1.29, 1.82) is 0 Å². The Morgan fingerprint density at radius 2 is 1.67 bits per heavy atom. The summed E-state index contributed by atoms with van der Waals surface area (Å²) >= 11 is 0. The van der Waals surface area contributed by atoms with Crippen molar-refractivity contribution < 1.29 is 13.9 Å². The van der Waals surface area contributed by atoms with Gasteiger partial charge in [-0.1, -0.05) is 13.8 Å². The minimum Gasteiger partial charge on any atom is -0.493 e. The van der Waals surface area contributed by atoms with Crippen LogP contribution in [0.3, 0.4) is 0 Å². The first-order valence-electron chi connectivity index (χ1n) is 4.98. The van der Waals surface area contributed by atoms with Crippen molar-refractivity contribution in [1.82, 2.24) is 0 Å². The summed E-state index contributed by atoms with van der Waals surface area (Å²) in [5.74, 6) is 1.19. The van der Waals surface area contributed by atoms with E-state index >= 15 is 0 Å². The predicted octanol–water partition coefficient (Wildman–Crippen LogP) is 3.04. The summed E-state index contributed by atoms with van der Waals surface area (Å²) in [5, 5.41) is 0. The topological polar surface area (TPSA) is 18.5 Å². The summed E-state index contributed by atoms with van der Waals surface area (Å²) in [4.78, 5) is 0. The van der Waals surface area contributed by atoms with Crippen LogP contribution in [0.5, 0.6) is 11.5 Å². The van der Waals surface area contributed by atoms with Gasteiger partial charge in [-0.25, -0.2) is 4.39 Å². The molecule has 0 heterocycles. The van der Waals surface area contributed by atoms with Crippen LogP contribution < -0.4 is 9.47 Å². The maximum atomic E-state index is 13.6. The number of ether oxygens (including phenoxy) is 2. The highest BCUT2D eigenvalue weighted by Gasteiger charge is 2.11. The molecule has 84 valence electrons. The van der Waals surface area contributed by atoms with Gasteiger partial charge in [0.2, 0.25) is 0 Å². The molecular formula is C12H17FO2. The standard InChI is InChI=1S/C12H17FO2/c1-8(2)5-9-6-11(14-3)12(15-4)7-10(9)13/h6-8H,5H2,1-4H3. The van der Waals surface area contributed by atoms with Crippen LogP contribution in [0.4, 0.5) is 4.39 Å². The van der Waals surface area contributed by atoms with Crippen molar-refractivity contribution in [3.63, 3.8) is 0 Å². The molecule has 1 aromatic rings. The number of benzene rings is 1. The van der Waals surface area contributed by atoms with E-state index in [1.807, 2.05) is 0 Å². The second kappa shape index (κ2) is 5.01. The molecule has 0 bridgehead atoms. The van der Waals surface area contributed by atoms with Crippen molar-refractivity contribution >= 4 is 0 Å². The Morgan fingerprint density at radius 3 is 2.13 bits per heavy atom. The third-order valence-electron chi connectivity index (χ3n) is 2.18. The molecule has 0 saturated heterocycles. The molecule has 2 nitrogen and oxygen atoms in total. The first kappa shape index (κ1) is 11.8. The van der Waals surface area contributed by atoms with E-state index in [1.54, 1.807) is 13.2 Å². The quantitative estimate of drug-likeness (QED) is 0.763. The molecule has 0 aromatic heterocycles. The molecule has 0 unspecified atom stereocenters. The Hall–Kier alpha value is -1.25. The van der Waals surface area contributed by atoms with E-state index in [0.717, 1.165) is 0 Å². The van der Waals surface area contributed by atoms with Gasteiger partial charge >= 0.3 is 0 Å². The third kappa shape index (κ3) is 2.85. The molecule has 0 aliphatic heterocycles. The molecule has 0 saturated carbocycles. The maximum absolute atomic E-state index is 13.6.